The number of nitrogens with zero attached hydrogens (tertiary/aromatic N) is 1. The fourth-order valence-corrected chi connectivity index (χ4v) is 3.07. The van der Waals surface area contributed by atoms with Crippen molar-refractivity contribution >= 4 is 23.2 Å². The van der Waals surface area contributed by atoms with E-state index in [0.717, 1.165) is 10.1 Å². The van der Waals surface area contributed by atoms with E-state index in [4.69, 9.17) is 23.2 Å². The van der Waals surface area contributed by atoms with Gasteiger partial charge >= 0.3 is 57.1 Å². The molecule has 0 aliphatic heterocycles. The summed E-state index contributed by atoms with van der Waals surface area (Å²) in [7, 11) is 0. The fourth-order valence-electron chi connectivity index (χ4n) is 2.60. The molecule has 8 heteroatoms. The molecule has 5 nitrogen and oxygen atoms in total. The fraction of sp³-hybridized carbons (Fsp3) is 0.111. The number of rotatable bonds is 3. The molecule has 0 spiro atoms. The molecule has 0 unspecified atom stereocenters. The zero-order valence-corrected chi connectivity index (χ0v) is 18.8. The number of aromatic nitrogens is 2. The van der Waals surface area contributed by atoms with Crippen molar-refractivity contribution < 1.29 is 56.5 Å². The van der Waals surface area contributed by atoms with E-state index in [1.807, 2.05) is 0 Å². The third-order valence-corrected chi connectivity index (χ3v) is 4.48. The van der Waals surface area contributed by atoms with Crippen molar-refractivity contribution in [2.45, 2.75) is 13.3 Å². The maximum atomic E-state index is 12.8. The van der Waals surface area contributed by atoms with Crippen LogP contribution in [0.3, 0.4) is 0 Å². The van der Waals surface area contributed by atoms with Crippen LogP contribution in [0.25, 0.3) is 5.69 Å². The monoisotopic (exact) mass is 414 g/mol. The predicted octanol–water partition coefficient (Wildman–Crippen LogP) is -0.191. The first-order valence-electron chi connectivity index (χ1n) is 7.43. The van der Waals surface area contributed by atoms with Crippen LogP contribution in [0.15, 0.2) is 52.1 Å². The molecule has 0 saturated heterocycles. The molecule has 1 N–H and O–H groups in total. The molecular formula is C18H13Cl2KN2O3. The molecule has 1 aromatic heterocycles. The van der Waals surface area contributed by atoms with Gasteiger partial charge in [0.1, 0.15) is 0 Å². The number of benzene rings is 2. The van der Waals surface area contributed by atoms with E-state index >= 15 is 0 Å². The zero-order chi connectivity index (χ0) is 18.1. The van der Waals surface area contributed by atoms with Crippen molar-refractivity contribution in [3.63, 3.8) is 0 Å². The van der Waals surface area contributed by atoms with Gasteiger partial charge in [0.15, 0.2) is 0 Å². The molecule has 0 bridgehead atoms. The van der Waals surface area contributed by atoms with Gasteiger partial charge in [0, 0.05) is 22.0 Å². The Kier molecular flexibility index (Phi) is 7.32. The second kappa shape index (κ2) is 8.88. The average Bonchev–Trinajstić information content (AvgIpc) is 2.54. The number of nitrogens with one attached hydrogen (secondary N) is 1. The predicted molar refractivity (Wildman–Crippen MR) is 96.1 cm³/mol. The Morgan fingerprint density at radius 3 is 2.46 bits per heavy atom. The summed E-state index contributed by atoms with van der Waals surface area (Å²) >= 11 is 12.0. The van der Waals surface area contributed by atoms with Crippen LogP contribution in [-0.2, 0) is 6.42 Å². The molecule has 0 amide bonds. The Morgan fingerprint density at radius 1 is 1.12 bits per heavy atom. The number of para-hydroxylation sites is 1. The van der Waals surface area contributed by atoms with Crippen molar-refractivity contribution in [1.29, 1.82) is 0 Å². The molecule has 26 heavy (non-hydrogen) atoms. The smallest absolute Gasteiger partial charge is 0.860 e. The summed E-state index contributed by atoms with van der Waals surface area (Å²) < 4.78 is 0.968. The van der Waals surface area contributed by atoms with Gasteiger partial charge in [-0.1, -0.05) is 47.5 Å². The Balaban J connectivity index is 0.00000243. The number of aryl methyl sites for hydroxylation is 1. The van der Waals surface area contributed by atoms with E-state index in [0.29, 0.717) is 21.3 Å². The van der Waals surface area contributed by atoms with E-state index in [9.17, 15) is 14.7 Å². The summed E-state index contributed by atoms with van der Waals surface area (Å²) in [5.74, 6) is -0.717. The van der Waals surface area contributed by atoms with Crippen LogP contribution in [0.4, 0.5) is 0 Å². The second-order valence-electron chi connectivity index (χ2n) is 5.58. The first-order valence-corrected chi connectivity index (χ1v) is 8.19. The van der Waals surface area contributed by atoms with Gasteiger partial charge in [-0.15, -0.1) is 0 Å². The molecule has 3 rings (SSSR count). The second-order valence-corrected chi connectivity index (χ2v) is 6.42. The van der Waals surface area contributed by atoms with Crippen molar-refractivity contribution in [2.24, 2.45) is 0 Å². The molecule has 0 saturated carbocycles. The molecule has 0 aliphatic rings. The molecule has 3 aromatic rings. The van der Waals surface area contributed by atoms with Crippen LogP contribution in [0.2, 0.25) is 10.0 Å². The topological polar surface area (TPSA) is 77.9 Å². The minimum atomic E-state index is -0.768. The standard InChI is InChI=1S/C18H14Cl2N2O3.K/c1-10-4-2-3-5-15(10)22-17(24)13(16(23)21-18(22)25)8-11-6-7-12(19)9-14(11)20;/h2-7,9,23H,8H2,1H3,(H,21,25);/q;+1/p-1. The summed E-state index contributed by atoms with van der Waals surface area (Å²) in [6.45, 7) is 1.78. The van der Waals surface area contributed by atoms with Crippen molar-refractivity contribution in [3.05, 3.63) is 90.0 Å². The Bertz CT molecular complexity index is 1080. The van der Waals surface area contributed by atoms with Crippen molar-refractivity contribution in [1.82, 2.24) is 9.55 Å². The maximum Gasteiger partial charge on any atom is 1.00 e. The third kappa shape index (κ3) is 4.34. The van der Waals surface area contributed by atoms with Crippen molar-refractivity contribution in [2.75, 3.05) is 0 Å². The average molecular weight is 415 g/mol. The van der Waals surface area contributed by atoms with Crippen LogP contribution >= 0.6 is 23.2 Å². The van der Waals surface area contributed by atoms with Gasteiger partial charge in [-0.3, -0.25) is 4.79 Å². The molecule has 2 aromatic carbocycles. The van der Waals surface area contributed by atoms with E-state index < -0.39 is 17.1 Å². The summed E-state index contributed by atoms with van der Waals surface area (Å²) in [5, 5.41) is 13.0. The number of hydrogen-bond donors (Lipinski definition) is 1. The molecule has 0 radical (unpaired) electrons. The van der Waals surface area contributed by atoms with Crippen LogP contribution in [0, 0.1) is 6.92 Å². The Morgan fingerprint density at radius 2 is 1.81 bits per heavy atom. The first kappa shape index (κ1) is 21.4. The number of halogens is 2. The number of H-pyrrole nitrogens is 1. The zero-order valence-electron chi connectivity index (χ0n) is 14.2. The third-order valence-electron chi connectivity index (χ3n) is 3.90. The minimum Gasteiger partial charge on any atom is -0.860 e. The maximum absolute atomic E-state index is 12.8. The molecular weight excluding hydrogens is 402 g/mol. The van der Waals surface area contributed by atoms with Crippen LogP contribution in [-0.4, -0.2) is 9.55 Å². The minimum absolute atomic E-state index is 0. The van der Waals surface area contributed by atoms with Gasteiger partial charge in [0.05, 0.1) is 5.69 Å². The number of hydrogen-bond acceptors (Lipinski definition) is 3. The summed E-state index contributed by atoms with van der Waals surface area (Å²) in [6, 6.07) is 11.8. The summed E-state index contributed by atoms with van der Waals surface area (Å²) in [5.41, 5.74) is 0.251. The summed E-state index contributed by atoms with van der Waals surface area (Å²) in [4.78, 5) is 27.2. The number of aromatic amines is 1. The molecule has 0 atom stereocenters. The summed E-state index contributed by atoms with van der Waals surface area (Å²) in [6.07, 6.45) is -0.00364. The van der Waals surface area contributed by atoms with Gasteiger partial charge in [0.25, 0.3) is 5.56 Å². The molecule has 0 aliphatic carbocycles. The molecule has 1 heterocycles. The normalized spacial score (nSPS) is 10.4. The van der Waals surface area contributed by atoms with E-state index in [-0.39, 0.29) is 63.4 Å². The van der Waals surface area contributed by atoms with Gasteiger partial charge in [0.2, 0.25) is 0 Å². The van der Waals surface area contributed by atoms with Crippen molar-refractivity contribution in [3.8, 4) is 11.6 Å². The quantitative estimate of drug-likeness (QED) is 0.603. The van der Waals surface area contributed by atoms with Gasteiger partial charge in [-0.05, 0) is 42.1 Å². The van der Waals surface area contributed by atoms with Gasteiger partial charge < -0.3 is 10.1 Å². The Labute approximate surface area is 202 Å². The van der Waals surface area contributed by atoms with Crippen LogP contribution in [0.5, 0.6) is 5.88 Å². The van der Waals surface area contributed by atoms with Crippen LogP contribution in [0.1, 0.15) is 16.7 Å². The van der Waals surface area contributed by atoms with Crippen LogP contribution < -0.4 is 67.7 Å². The molecule has 0 fully saturated rings. The van der Waals surface area contributed by atoms with E-state index in [2.05, 4.69) is 4.98 Å². The van der Waals surface area contributed by atoms with E-state index in [1.165, 1.54) is 6.07 Å². The molecule has 128 valence electrons. The van der Waals surface area contributed by atoms with Gasteiger partial charge in [-0.2, -0.15) is 0 Å². The largest absolute Gasteiger partial charge is 1.00 e. The Hall–Kier alpha value is -0.864. The SMILES string of the molecule is Cc1ccccc1-n1c(=O)[nH]c([O-])c(Cc2ccc(Cl)cc2Cl)c1=O.[K+]. The van der Waals surface area contributed by atoms with Gasteiger partial charge in [-0.25, -0.2) is 9.36 Å². The first-order chi connectivity index (χ1) is 11.9. The van der Waals surface area contributed by atoms with E-state index in [1.54, 1.807) is 43.3 Å².